The SMILES string of the molecule is CCOP(=O)(CNC(=O)C(C)CN)OCC. The zero-order valence-corrected chi connectivity index (χ0v) is 11.0. The highest BCUT2D eigenvalue weighted by Gasteiger charge is 2.25. The zero-order chi connectivity index (χ0) is 12.6. The lowest BCUT2D eigenvalue weighted by Crippen LogP contribution is -2.34. The van der Waals surface area contributed by atoms with E-state index >= 15 is 0 Å². The Bertz CT molecular complexity index is 250. The first-order valence-electron chi connectivity index (χ1n) is 5.35. The third kappa shape index (κ3) is 5.61. The average molecular weight is 252 g/mol. The number of nitrogens with one attached hydrogen (secondary N) is 1. The largest absolute Gasteiger partial charge is 0.349 e. The molecule has 0 spiro atoms. The van der Waals surface area contributed by atoms with Gasteiger partial charge in [0.05, 0.1) is 13.2 Å². The molecular formula is C9H21N2O4P. The van der Waals surface area contributed by atoms with Crippen molar-refractivity contribution in [3.05, 3.63) is 0 Å². The molecule has 1 amide bonds. The summed E-state index contributed by atoms with van der Waals surface area (Å²) in [5.41, 5.74) is 5.34. The molecule has 6 nitrogen and oxygen atoms in total. The summed E-state index contributed by atoms with van der Waals surface area (Å²) in [6, 6.07) is 0. The van der Waals surface area contributed by atoms with Crippen molar-refractivity contribution in [1.82, 2.24) is 5.32 Å². The molecule has 0 fully saturated rings. The van der Waals surface area contributed by atoms with E-state index in [0.717, 1.165) is 0 Å². The highest BCUT2D eigenvalue weighted by molar-refractivity contribution is 7.53. The van der Waals surface area contributed by atoms with E-state index in [2.05, 4.69) is 5.32 Å². The van der Waals surface area contributed by atoms with Crippen LogP contribution in [0.4, 0.5) is 0 Å². The number of rotatable bonds is 8. The van der Waals surface area contributed by atoms with Crippen LogP contribution in [0.5, 0.6) is 0 Å². The van der Waals surface area contributed by atoms with Crippen LogP contribution in [0.2, 0.25) is 0 Å². The zero-order valence-electron chi connectivity index (χ0n) is 10.1. The number of hydrogen-bond donors (Lipinski definition) is 2. The molecule has 96 valence electrons. The van der Waals surface area contributed by atoms with Crippen molar-refractivity contribution in [2.45, 2.75) is 20.8 Å². The Kier molecular flexibility index (Phi) is 7.58. The normalized spacial score (nSPS) is 13.5. The monoisotopic (exact) mass is 252 g/mol. The van der Waals surface area contributed by atoms with Gasteiger partial charge >= 0.3 is 7.60 Å². The Morgan fingerprint density at radius 1 is 1.38 bits per heavy atom. The minimum Gasteiger partial charge on any atom is -0.344 e. The lowest BCUT2D eigenvalue weighted by Gasteiger charge is -2.18. The van der Waals surface area contributed by atoms with Gasteiger partial charge in [-0.3, -0.25) is 9.36 Å². The van der Waals surface area contributed by atoms with E-state index in [1.54, 1.807) is 20.8 Å². The Morgan fingerprint density at radius 2 is 1.88 bits per heavy atom. The van der Waals surface area contributed by atoms with Crippen LogP contribution in [-0.2, 0) is 18.4 Å². The maximum atomic E-state index is 11.9. The fourth-order valence-corrected chi connectivity index (χ4v) is 2.37. The van der Waals surface area contributed by atoms with Crippen molar-refractivity contribution in [3.8, 4) is 0 Å². The lowest BCUT2D eigenvalue weighted by molar-refractivity contribution is -0.123. The maximum absolute atomic E-state index is 11.9. The molecule has 0 rings (SSSR count). The Hall–Kier alpha value is -0.420. The van der Waals surface area contributed by atoms with Crippen molar-refractivity contribution >= 4 is 13.5 Å². The predicted octanol–water partition coefficient (Wildman–Crippen LogP) is 0.921. The van der Waals surface area contributed by atoms with E-state index in [4.69, 9.17) is 14.8 Å². The molecule has 16 heavy (non-hydrogen) atoms. The number of amides is 1. The number of nitrogens with two attached hydrogens (primary N) is 1. The van der Waals surface area contributed by atoms with Gasteiger partial charge in [0.15, 0.2) is 0 Å². The van der Waals surface area contributed by atoms with Gasteiger partial charge in [-0.2, -0.15) is 0 Å². The van der Waals surface area contributed by atoms with Gasteiger partial charge in [0, 0.05) is 12.5 Å². The second-order valence-electron chi connectivity index (χ2n) is 3.28. The van der Waals surface area contributed by atoms with E-state index in [-0.39, 0.29) is 37.9 Å². The molecule has 0 aromatic carbocycles. The Labute approximate surface area is 96.4 Å². The van der Waals surface area contributed by atoms with Crippen LogP contribution < -0.4 is 11.1 Å². The molecule has 0 bridgehead atoms. The highest BCUT2D eigenvalue weighted by atomic mass is 31.2. The van der Waals surface area contributed by atoms with Crippen molar-refractivity contribution in [3.63, 3.8) is 0 Å². The lowest BCUT2D eigenvalue weighted by atomic mass is 10.2. The summed E-state index contributed by atoms with van der Waals surface area (Å²) in [5, 5.41) is 2.51. The molecule has 0 aliphatic heterocycles. The quantitative estimate of drug-likeness (QED) is 0.627. The summed E-state index contributed by atoms with van der Waals surface area (Å²) in [6.45, 7) is 5.94. The van der Waals surface area contributed by atoms with Crippen LogP contribution in [0.1, 0.15) is 20.8 Å². The van der Waals surface area contributed by atoms with Crippen molar-refractivity contribution < 1.29 is 18.4 Å². The first-order chi connectivity index (χ1) is 7.49. The van der Waals surface area contributed by atoms with Crippen LogP contribution in [0, 0.1) is 5.92 Å². The van der Waals surface area contributed by atoms with E-state index in [1.165, 1.54) is 0 Å². The molecule has 1 atom stereocenters. The molecule has 0 aromatic rings. The minimum atomic E-state index is -3.20. The van der Waals surface area contributed by atoms with Gasteiger partial charge in [-0.1, -0.05) is 6.92 Å². The van der Waals surface area contributed by atoms with Crippen molar-refractivity contribution in [2.75, 3.05) is 26.0 Å². The van der Waals surface area contributed by atoms with Crippen molar-refractivity contribution in [2.24, 2.45) is 11.7 Å². The second-order valence-corrected chi connectivity index (χ2v) is 5.34. The Balaban J connectivity index is 4.21. The van der Waals surface area contributed by atoms with Gasteiger partial charge in [0.2, 0.25) is 5.91 Å². The molecule has 0 aliphatic carbocycles. The minimum absolute atomic E-state index is 0.113. The standard InChI is InChI=1S/C9H21N2O4P/c1-4-14-16(13,15-5-2)7-11-9(12)8(3)6-10/h8H,4-7,10H2,1-3H3,(H,11,12). The fourth-order valence-electron chi connectivity index (χ4n) is 0.978. The van der Waals surface area contributed by atoms with Gasteiger partial charge in [-0.15, -0.1) is 0 Å². The highest BCUT2D eigenvalue weighted by Crippen LogP contribution is 2.46. The van der Waals surface area contributed by atoms with Gasteiger partial charge in [0.1, 0.15) is 6.29 Å². The fraction of sp³-hybridized carbons (Fsp3) is 0.889. The molecule has 0 saturated heterocycles. The van der Waals surface area contributed by atoms with Crippen molar-refractivity contribution in [1.29, 1.82) is 0 Å². The molecule has 3 N–H and O–H groups in total. The van der Waals surface area contributed by atoms with Crippen LogP contribution >= 0.6 is 7.60 Å². The summed E-state index contributed by atoms with van der Waals surface area (Å²) < 4.78 is 22.0. The summed E-state index contributed by atoms with van der Waals surface area (Å²) in [6.07, 6.45) is -0.113. The second kappa shape index (κ2) is 7.79. The molecule has 0 saturated carbocycles. The first-order valence-corrected chi connectivity index (χ1v) is 7.07. The molecular weight excluding hydrogens is 231 g/mol. The third-order valence-electron chi connectivity index (χ3n) is 1.90. The summed E-state index contributed by atoms with van der Waals surface area (Å²) >= 11 is 0. The average Bonchev–Trinajstić information content (AvgIpc) is 2.25. The van der Waals surface area contributed by atoms with Gasteiger partial charge < -0.3 is 20.1 Å². The third-order valence-corrected chi connectivity index (χ3v) is 3.75. The first kappa shape index (κ1) is 15.6. The van der Waals surface area contributed by atoms with Crippen LogP contribution in [0.15, 0.2) is 0 Å². The van der Waals surface area contributed by atoms with E-state index in [0.29, 0.717) is 0 Å². The smallest absolute Gasteiger partial charge is 0.344 e. The molecule has 7 heteroatoms. The van der Waals surface area contributed by atoms with Crippen LogP contribution in [0.3, 0.4) is 0 Å². The van der Waals surface area contributed by atoms with E-state index in [1.807, 2.05) is 0 Å². The molecule has 0 aromatic heterocycles. The summed E-state index contributed by atoms with van der Waals surface area (Å²) in [7, 11) is -3.20. The Morgan fingerprint density at radius 3 is 2.25 bits per heavy atom. The van der Waals surface area contributed by atoms with Crippen LogP contribution in [0.25, 0.3) is 0 Å². The van der Waals surface area contributed by atoms with Crippen LogP contribution in [-0.4, -0.2) is 32.0 Å². The molecule has 0 heterocycles. The summed E-state index contributed by atoms with van der Waals surface area (Å²) in [5.74, 6) is -0.557. The number of carbonyl (C=O) groups excluding carboxylic acids is 1. The molecule has 1 unspecified atom stereocenters. The molecule has 0 radical (unpaired) electrons. The summed E-state index contributed by atoms with van der Waals surface area (Å²) in [4.78, 5) is 11.4. The number of carbonyl (C=O) groups is 1. The maximum Gasteiger partial charge on any atom is 0.349 e. The number of hydrogen-bond acceptors (Lipinski definition) is 5. The van der Waals surface area contributed by atoms with Gasteiger partial charge in [-0.05, 0) is 13.8 Å². The predicted molar refractivity (Wildman–Crippen MR) is 62.1 cm³/mol. The van der Waals surface area contributed by atoms with E-state index in [9.17, 15) is 9.36 Å². The molecule has 0 aliphatic rings. The van der Waals surface area contributed by atoms with Gasteiger partial charge in [0.25, 0.3) is 0 Å². The van der Waals surface area contributed by atoms with Gasteiger partial charge in [-0.25, -0.2) is 0 Å². The topological polar surface area (TPSA) is 90.7 Å². The van der Waals surface area contributed by atoms with E-state index < -0.39 is 7.60 Å².